The Labute approximate surface area is 135 Å². The molecule has 0 bridgehead atoms. The maximum Gasteiger partial charge on any atom is 0.326 e. The Kier molecular flexibility index (Phi) is 8.86. The number of nitrogens with two attached hydrogens (primary N) is 1. The van der Waals surface area contributed by atoms with Crippen LogP contribution in [0.3, 0.4) is 0 Å². The summed E-state index contributed by atoms with van der Waals surface area (Å²) in [6.45, 7) is 6.20. The van der Waals surface area contributed by atoms with Gasteiger partial charge in [-0.2, -0.15) is 0 Å². The second-order valence-electron chi connectivity index (χ2n) is 5.89. The lowest BCUT2D eigenvalue weighted by atomic mass is 10.1. The van der Waals surface area contributed by atoms with E-state index in [9.17, 15) is 19.2 Å². The maximum atomic E-state index is 11.6. The van der Waals surface area contributed by atoms with Crippen molar-refractivity contribution in [1.82, 2.24) is 16.0 Å². The monoisotopic (exact) mass is 330 g/mol. The summed E-state index contributed by atoms with van der Waals surface area (Å²) in [5.74, 6) is -3.14. The molecule has 2 atom stereocenters. The molecule has 9 nitrogen and oxygen atoms in total. The standard InChI is InChI=1S/C14H26N4O5/c1-7(2)11(15)13(21)17-5-9(19)16-6-10(20)18-12(8(3)4)14(22)23/h7-8,11-12H,5-6,15H2,1-4H3,(H,16,19)(H,17,21)(H,18,20)(H,22,23). The predicted octanol–water partition coefficient (Wildman–Crippen LogP) is -1.57. The molecule has 0 saturated carbocycles. The predicted molar refractivity (Wildman–Crippen MR) is 83.2 cm³/mol. The minimum Gasteiger partial charge on any atom is -0.480 e. The normalized spacial score (nSPS) is 13.3. The van der Waals surface area contributed by atoms with Gasteiger partial charge in [0.1, 0.15) is 6.04 Å². The summed E-state index contributed by atoms with van der Waals surface area (Å²) in [5.41, 5.74) is 5.62. The molecule has 132 valence electrons. The van der Waals surface area contributed by atoms with Crippen LogP contribution in [0.15, 0.2) is 0 Å². The summed E-state index contributed by atoms with van der Waals surface area (Å²) in [6.07, 6.45) is 0. The van der Waals surface area contributed by atoms with Crippen LogP contribution in [0.25, 0.3) is 0 Å². The summed E-state index contributed by atoms with van der Waals surface area (Å²) in [4.78, 5) is 45.7. The molecular weight excluding hydrogens is 304 g/mol. The van der Waals surface area contributed by atoms with Gasteiger partial charge in [-0.1, -0.05) is 27.7 Å². The number of nitrogens with one attached hydrogen (secondary N) is 3. The number of rotatable bonds is 9. The first-order valence-electron chi connectivity index (χ1n) is 7.38. The third-order valence-corrected chi connectivity index (χ3v) is 3.14. The van der Waals surface area contributed by atoms with Gasteiger partial charge in [-0.15, -0.1) is 0 Å². The van der Waals surface area contributed by atoms with Gasteiger partial charge in [-0.05, 0) is 11.8 Å². The molecule has 0 saturated heterocycles. The van der Waals surface area contributed by atoms with Crippen molar-refractivity contribution in [3.63, 3.8) is 0 Å². The molecule has 0 fully saturated rings. The first kappa shape index (κ1) is 20.8. The van der Waals surface area contributed by atoms with Crippen LogP contribution in [0.4, 0.5) is 0 Å². The SMILES string of the molecule is CC(C)C(N)C(=O)NCC(=O)NCC(=O)NC(C(=O)O)C(C)C. The number of aliphatic carboxylic acids is 1. The van der Waals surface area contributed by atoms with E-state index >= 15 is 0 Å². The third kappa shape index (κ3) is 8.15. The van der Waals surface area contributed by atoms with Gasteiger partial charge in [0.25, 0.3) is 0 Å². The lowest BCUT2D eigenvalue weighted by molar-refractivity contribution is -0.143. The molecular formula is C14H26N4O5. The Hall–Kier alpha value is -2.16. The van der Waals surface area contributed by atoms with Crippen LogP contribution in [0.5, 0.6) is 0 Å². The summed E-state index contributed by atoms with van der Waals surface area (Å²) >= 11 is 0. The zero-order chi connectivity index (χ0) is 18.2. The Balaban J connectivity index is 4.17. The van der Waals surface area contributed by atoms with Crippen molar-refractivity contribution in [1.29, 1.82) is 0 Å². The van der Waals surface area contributed by atoms with E-state index in [-0.39, 0.29) is 24.9 Å². The van der Waals surface area contributed by atoms with Crippen molar-refractivity contribution in [3.05, 3.63) is 0 Å². The van der Waals surface area contributed by atoms with E-state index in [2.05, 4.69) is 16.0 Å². The molecule has 9 heteroatoms. The van der Waals surface area contributed by atoms with Gasteiger partial charge in [0.05, 0.1) is 19.1 Å². The summed E-state index contributed by atoms with van der Waals surface area (Å²) in [7, 11) is 0. The molecule has 2 unspecified atom stereocenters. The Bertz CT molecular complexity index is 450. The average Bonchev–Trinajstić information content (AvgIpc) is 2.46. The van der Waals surface area contributed by atoms with E-state index < -0.39 is 35.8 Å². The number of carbonyl (C=O) groups is 4. The van der Waals surface area contributed by atoms with Gasteiger partial charge < -0.3 is 26.8 Å². The van der Waals surface area contributed by atoms with Crippen molar-refractivity contribution in [2.75, 3.05) is 13.1 Å². The molecule has 0 aliphatic heterocycles. The van der Waals surface area contributed by atoms with E-state index in [0.29, 0.717) is 0 Å². The Morgan fingerprint density at radius 2 is 1.43 bits per heavy atom. The molecule has 0 radical (unpaired) electrons. The zero-order valence-electron chi connectivity index (χ0n) is 13.9. The van der Waals surface area contributed by atoms with Crippen LogP contribution in [-0.4, -0.2) is 54.0 Å². The molecule has 23 heavy (non-hydrogen) atoms. The topological polar surface area (TPSA) is 151 Å². The van der Waals surface area contributed by atoms with Crippen molar-refractivity contribution in [3.8, 4) is 0 Å². The second kappa shape index (κ2) is 9.78. The summed E-state index contributed by atoms with van der Waals surface area (Å²) in [6, 6.07) is -1.74. The van der Waals surface area contributed by atoms with E-state index in [1.807, 2.05) is 0 Å². The van der Waals surface area contributed by atoms with Gasteiger partial charge in [0, 0.05) is 0 Å². The number of amides is 3. The smallest absolute Gasteiger partial charge is 0.326 e. The Morgan fingerprint density at radius 3 is 1.87 bits per heavy atom. The molecule has 0 aliphatic rings. The number of hydrogen-bond acceptors (Lipinski definition) is 5. The molecule has 0 aliphatic carbocycles. The van der Waals surface area contributed by atoms with E-state index in [1.165, 1.54) is 0 Å². The number of carboxylic acids is 1. The minimum absolute atomic E-state index is 0.0622. The van der Waals surface area contributed by atoms with E-state index in [4.69, 9.17) is 10.8 Å². The first-order valence-corrected chi connectivity index (χ1v) is 7.38. The van der Waals surface area contributed by atoms with Crippen LogP contribution < -0.4 is 21.7 Å². The molecule has 6 N–H and O–H groups in total. The number of hydrogen-bond donors (Lipinski definition) is 5. The molecule has 0 spiro atoms. The van der Waals surface area contributed by atoms with Crippen LogP contribution in [0.1, 0.15) is 27.7 Å². The minimum atomic E-state index is -1.14. The van der Waals surface area contributed by atoms with Crippen molar-refractivity contribution in [2.24, 2.45) is 17.6 Å². The van der Waals surface area contributed by atoms with E-state index in [0.717, 1.165) is 0 Å². The highest BCUT2D eigenvalue weighted by atomic mass is 16.4. The van der Waals surface area contributed by atoms with Gasteiger partial charge in [0.2, 0.25) is 17.7 Å². The average molecular weight is 330 g/mol. The van der Waals surface area contributed by atoms with Gasteiger partial charge in [-0.25, -0.2) is 4.79 Å². The van der Waals surface area contributed by atoms with E-state index in [1.54, 1.807) is 27.7 Å². The second-order valence-corrected chi connectivity index (χ2v) is 5.89. The lowest BCUT2D eigenvalue weighted by Gasteiger charge is -2.18. The lowest BCUT2D eigenvalue weighted by Crippen LogP contribution is -2.50. The fraction of sp³-hybridized carbons (Fsp3) is 0.714. The molecule has 0 heterocycles. The van der Waals surface area contributed by atoms with Crippen molar-refractivity contribution < 1.29 is 24.3 Å². The highest BCUT2D eigenvalue weighted by molar-refractivity contribution is 5.90. The van der Waals surface area contributed by atoms with Gasteiger partial charge >= 0.3 is 5.97 Å². The highest BCUT2D eigenvalue weighted by Crippen LogP contribution is 2.01. The van der Waals surface area contributed by atoms with Gasteiger partial charge in [-0.3, -0.25) is 14.4 Å². The van der Waals surface area contributed by atoms with Crippen LogP contribution >= 0.6 is 0 Å². The number of carboxylic acid groups (broad SMARTS) is 1. The van der Waals surface area contributed by atoms with Crippen LogP contribution in [-0.2, 0) is 19.2 Å². The summed E-state index contributed by atoms with van der Waals surface area (Å²) in [5, 5.41) is 15.9. The highest BCUT2D eigenvalue weighted by Gasteiger charge is 2.23. The molecule has 0 aromatic heterocycles. The molecule has 0 rings (SSSR count). The van der Waals surface area contributed by atoms with Crippen LogP contribution in [0.2, 0.25) is 0 Å². The first-order chi connectivity index (χ1) is 10.6. The molecule has 3 amide bonds. The fourth-order valence-corrected chi connectivity index (χ4v) is 1.57. The number of carbonyl (C=O) groups excluding carboxylic acids is 3. The quantitative estimate of drug-likeness (QED) is 0.344. The van der Waals surface area contributed by atoms with Gasteiger partial charge in [0.15, 0.2) is 0 Å². The van der Waals surface area contributed by atoms with Crippen LogP contribution in [0, 0.1) is 11.8 Å². The molecule has 0 aromatic carbocycles. The third-order valence-electron chi connectivity index (χ3n) is 3.14. The molecule has 0 aromatic rings. The Morgan fingerprint density at radius 1 is 0.913 bits per heavy atom. The van der Waals surface area contributed by atoms with Crippen molar-refractivity contribution in [2.45, 2.75) is 39.8 Å². The zero-order valence-corrected chi connectivity index (χ0v) is 13.9. The van der Waals surface area contributed by atoms with Crippen molar-refractivity contribution >= 4 is 23.7 Å². The largest absolute Gasteiger partial charge is 0.480 e. The summed E-state index contributed by atoms with van der Waals surface area (Å²) < 4.78 is 0. The fourth-order valence-electron chi connectivity index (χ4n) is 1.57. The maximum absolute atomic E-state index is 11.6.